The van der Waals surface area contributed by atoms with Crippen molar-refractivity contribution in [3.05, 3.63) is 59.2 Å². The first kappa shape index (κ1) is 12.5. The molecule has 0 spiro atoms. The number of aromatic nitrogens is 1. The Morgan fingerprint density at radius 1 is 1.21 bits per heavy atom. The predicted octanol–water partition coefficient (Wildman–Crippen LogP) is 3.86. The Labute approximate surface area is 117 Å². The molecule has 98 valence electrons. The summed E-state index contributed by atoms with van der Waals surface area (Å²) in [6, 6.07) is 10.8. The van der Waals surface area contributed by atoms with Crippen molar-refractivity contribution >= 4 is 21.4 Å². The van der Waals surface area contributed by atoms with E-state index < -0.39 is 0 Å². The van der Waals surface area contributed by atoms with Crippen LogP contribution in [0.2, 0.25) is 0 Å². The molecule has 0 bridgehead atoms. The van der Waals surface area contributed by atoms with Crippen LogP contribution < -0.4 is 5.32 Å². The van der Waals surface area contributed by atoms with Crippen LogP contribution in [0.25, 0.3) is 10.1 Å². The quantitative estimate of drug-likeness (QED) is 0.745. The van der Waals surface area contributed by atoms with Gasteiger partial charge in [-0.3, -0.25) is 0 Å². The fourth-order valence-corrected chi connectivity index (χ4v) is 3.27. The molecule has 19 heavy (non-hydrogen) atoms. The van der Waals surface area contributed by atoms with Gasteiger partial charge in [-0.1, -0.05) is 25.1 Å². The highest BCUT2D eigenvalue weighted by atomic mass is 32.1. The lowest BCUT2D eigenvalue weighted by molar-refractivity contribution is 0.721. The van der Waals surface area contributed by atoms with Crippen LogP contribution in [0.1, 0.15) is 18.1 Å². The summed E-state index contributed by atoms with van der Waals surface area (Å²) < 4.78 is 3.64. The lowest BCUT2D eigenvalue weighted by atomic mass is 10.2. The van der Waals surface area contributed by atoms with Crippen molar-refractivity contribution < 1.29 is 0 Å². The Hall–Kier alpha value is -1.58. The molecule has 0 amide bonds. The van der Waals surface area contributed by atoms with E-state index in [1.54, 1.807) is 0 Å². The van der Waals surface area contributed by atoms with Crippen molar-refractivity contribution in [3.63, 3.8) is 0 Å². The molecule has 0 saturated heterocycles. The SMILES string of the molecule is CCNCc1ccn(Cc2csc3ccccc23)c1. The van der Waals surface area contributed by atoms with Crippen LogP contribution in [0.4, 0.5) is 0 Å². The highest BCUT2D eigenvalue weighted by molar-refractivity contribution is 7.17. The van der Waals surface area contributed by atoms with E-state index in [4.69, 9.17) is 0 Å². The number of benzene rings is 1. The first-order valence-electron chi connectivity index (χ1n) is 6.67. The molecule has 0 aliphatic rings. The molecule has 0 atom stereocenters. The molecule has 3 rings (SSSR count). The molecule has 3 aromatic rings. The second-order valence-electron chi connectivity index (χ2n) is 4.73. The van der Waals surface area contributed by atoms with Gasteiger partial charge in [-0.05, 0) is 40.6 Å². The third-order valence-corrected chi connectivity index (χ3v) is 4.32. The third-order valence-electron chi connectivity index (χ3n) is 3.30. The third kappa shape index (κ3) is 2.72. The van der Waals surface area contributed by atoms with Crippen molar-refractivity contribution in [2.45, 2.75) is 20.0 Å². The van der Waals surface area contributed by atoms with Crippen LogP contribution in [0.15, 0.2) is 48.1 Å². The molecule has 0 radical (unpaired) electrons. The van der Waals surface area contributed by atoms with Crippen molar-refractivity contribution in [2.24, 2.45) is 0 Å². The number of rotatable bonds is 5. The minimum atomic E-state index is 0.952. The minimum absolute atomic E-state index is 0.952. The molecule has 0 saturated carbocycles. The molecule has 0 aliphatic carbocycles. The van der Waals surface area contributed by atoms with E-state index in [1.807, 2.05) is 11.3 Å². The Balaban J connectivity index is 1.79. The maximum atomic E-state index is 3.36. The maximum absolute atomic E-state index is 3.36. The first-order valence-corrected chi connectivity index (χ1v) is 7.55. The lowest BCUT2D eigenvalue weighted by Crippen LogP contribution is -2.11. The normalized spacial score (nSPS) is 11.2. The number of thiophene rings is 1. The summed E-state index contributed by atoms with van der Waals surface area (Å²) in [6.45, 7) is 5.05. The van der Waals surface area contributed by atoms with Gasteiger partial charge in [0.05, 0.1) is 0 Å². The highest BCUT2D eigenvalue weighted by Crippen LogP contribution is 2.26. The molecule has 0 aliphatic heterocycles. The van der Waals surface area contributed by atoms with Crippen LogP contribution in [-0.2, 0) is 13.1 Å². The van der Waals surface area contributed by atoms with E-state index in [1.165, 1.54) is 21.2 Å². The summed E-state index contributed by atoms with van der Waals surface area (Å²) in [5.41, 5.74) is 2.76. The van der Waals surface area contributed by atoms with Gasteiger partial charge < -0.3 is 9.88 Å². The van der Waals surface area contributed by atoms with Crippen molar-refractivity contribution in [1.29, 1.82) is 0 Å². The molecule has 2 nitrogen and oxygen atoms in total. The van der Waals surface area contributed by atoms with Crippen LogP contribution in [0, 0.1) is 0 Å². The lowest BCUT2D eigenvalue weighted by Gasteiger charge is -2.02. The number of fused-ring (bicyclic) bond motifs is 1. The van der Waals surface area contributed by atoms with E-state index in [9.17, 15) is 0 Å². The molecule has 2 aromatic heterocycles. The van der Waals surface area contributed by atoms with Crippen LogP contribution in [0.3, 0.4) is 0 Å². The Morgan fingerprint density at radius 2 is 2.11 bits per heavy atom. The molecule has 0 unspecified atom stereocenters. The Bertz CT molecular complexity index is 666. The van der Waals surface area contributed by atoms with E-state index in [0.29, 0.717) is 0 Å². The van der Waals surface area contributed by atoms with Gasteiger partial charge in [0.15, 0.2) is 0 Å². The zero-order valence-electron chi connectivity index (χ0n) is 11.1. The maximum Gasteiger partial charge on any atom is 0.0484 e. The molecule has 1 aromatic carbocycles. The summed E-state index contributed by atoms with van der Waals surface area (Å²) >= 11 is 1.83. The van der Waals surface area contributed by atoms with Gasteiger partial charge >= 0.3 is 0 Å². The monoisotopic (exact) mass is 270 g/mol. The molecule has 0 fully saturated rings. The topological polar surface area (TPSA) is 17.0 Å². The van der Waals surface area contributed by atoms with Gasteiger partial charge in [-0.25, -0.2) is 0 Å². The van der Waals surface area contributed by atoms with Gasteiger partial charge in [-0.2, -0.15) is 0 Å². The summed E-state index contributed by atoms with van der Waals surface area (Å²) in [7, 11) is 0. The Kier molecular flexibility index (Phi) is 3.67. The molecular weight excluding hydrogens is 252 g/mol. The van der Waals surface area contributed by atoms with Crippen molar-refractivity contribution in [3.8, 4) is 0 Å². The van der Waals surface area contributed by atoms with Crippen molar-refractivity contribution in [1.82, 2.24) is 9.88 Å². The zero-order valence-corrected chi connectivity index (χ0v) is 11.9. The smallest absolute Gasteiger partial charge is 0.0484 e. The highest BCUT2D eigenvalue weighted by Gasteiger charge is 2.04. The van der Waals surface area contributed by atoms with Crippen LogP contribution in [0.5, 0.6) is 0 Å². The van der Waals surface area contributed by atoms with Gasteiger partial charge in [0.2, 0.25) is 0 Å². The zero-order chi connectivity index (χ0) is 13.1. The van der Waals surface area contributed by atoms with Crippen molar-refractivity contribution in [2.75, 3.05) is 6.54 Å². The summed E-state index contributed by atoms with van der Waals surface area (Å²) in [5, 5.41) is 7.01. The number of hydrogen-bond acceptors (Lipinski definition) is 2. The first-order chi connectivity index (χ1) is 9.36. The largest absolute Gasteiger partial charge is 0.350 e. The van der Waals surface area contributed by atoms with Gasteiger partial charge in [0.1, 0.15) is 0 Å². The molecule has 2 heterocycles. The second-order valence-corrected chi connectivity index (χ2v) is 5.64. The number of nitrogens with one attached hydrogen (secondary N) is 1. The Morgan fingerprint density at radius 3 is 3.00 bits per heavy atom. The van der Waals surface area contributed by atoms with Crippen LogP contribution in [-0.4, -0.2) is 11.1 Å². The fourth-order valence-electron chi connectivity index (χ4n) is 2.31. The number of nitrogens with zero attached hydrogens (tertiary/aromatic N) is 1. The van der Waals surface area contributed by atoms with E-state index in [2.05, 4.69) is 64.9 Å². The van der Waals surface area contributed by atoms with E-state index in [-0.39, 0.29) is 0 Å². The molecule has 3 heteroatoms. The minimum Gasteiger partial charge on any atom is -0.350 e. The molecular formula is C16H18N2S. The summed E-state index contributed by atoms with van der Waals surface area (Å²) in [6.07, 6.45) is 4.40. The van der Waals surface area contributed by atoms with E-state index in [0.717, 1.165) is 19.6 Å². The van der Waals surface area contributed by atoms with Crippen LogP contribution >= 0.6 is 11.3 Å². The van der Waals surface area contributed by atoms with Gasteiger partial charge in [0, 0.05) is 30.2 Å². The number of hydrogen-bond donors (Lipinski definition) is 1. The van der Waals surface area contributed by atoms with Gasteiger partial charge in [0.25, 0.3) is 0 Å². The molecule has 1 N–H and O–H groups in total. The van der Waals surface area contributed by atoms with E-state index >= 15 is 0 Å². The fraction of sp³-hybridized carbons (Fsp3) is 0.250. The standard InChI is InChI=1S/C16H18N2S/c1-2-17-9-13-7-8-18(10-13)11-14-12-19-16-6-4-3-5-15(14)16/h3-8,10,12,17H,2,9,11H2,1H3. The average Bonchev–Trinajstić information content (AvgIpc) is 3.05. The summed E-state index contributed by atoms with van der Waals surface area (Å²) in [4.78, 5) is 0. The predicted molar refractivity (Wildman–Crippen MR) is 82.7 cm³/mol. The second kappa shape index (κ2) is 5.59. The van der Waals surface area contributed by atoms with Gasteiger partial charge in [-0.15, -0.1) is 11.3 Å². The average molecular weight is 270 g/mol. The summed E-state index contributed by atoms with van der Waals surface area (Å²) in [5.74, 6) is 0.